The number of benzene rings is 2. The Bertz CT molecular complexity index is 1470. The number of fused-ring (bicyclic) bond motifs is 1. The van der Waals surface area contributed by atoms with Gasteiger partial charge < -0.3 is 10.3 Å². The van der Waals surface area contributed by atoms with Crippen LogP contribution in [0.2, 0.25) is 0 Å². The van der Waals surface area contributed by atoms with Crippen molar-refractivity contribution in [1.82, 2.24) is 25.1 Å². The first kappa shape index (κ1) is 20.8. The molecule has 0 saturated heterocycles. The van der Waals surface area contributed by atoms with Gasteiger partial charge in [0, 0.05) is 29.1 Å². The third-order valence-electron chi connectivity index (χ3n) is 5.30. The molecule has 164 valence electrons. The van der Waals surface area contributed by atoms with Crippen LogP contribution in [0, 0.1) is 6.92 Å². The summed E-state index contributed by atoms with van der Waals surface area (Å²) in [5, 5.41) is 9.27. The number of rotatable bonds is 6. The van der Waals surface area contributed by atoms with Gasteiger partial charge >= 0.3 is 0 Å². The maximum atomic E-state index is 12.5. The number of aromatic amines is 1. The first-order valence-electron chi connectivity index (χ1n) is 10.6. The molecule has 0 saturated carbocycles. The molecular formula is C25H21N5O2S. The van der Waals surface area contributed by atoms with Crippen LogP contribution in [-0.2, 0) is 6.54 Å². The molecule has 0 spiro atoms. The number of aromatic nitrogens is 4. The summed E-state index contributed by atoms with van der Waals surface area (Å²) in [6, 6.07) is 22.7. The Hall–Kier alpha value is -4.04. The van der Waals surface area contributed by atoms with E-state index in [1.165, 1.54) is 10.7 Å². The quantitative estimate of drug-likeness (QED) is 0.400. The van der Waals surface area contributed by atoms with E-state index < -0.39 is 0 Å². The summed E-state index contributed by atoms with van der Waals surface area (Å²) < 4.78 is 1.38. The largest absolute Gasteiger partial charge is 0.351 e. The maximum absolute atomic E-state index is 12.5. The predicted molar refractivity (Wildman–Crippen MR) is 130 cm³/mol. The summed E-state index contributed by atoms with van der Waals surface area (Å²) >= 11 is 1.55. The molecule has 2 N–H and O–H groups in total. The van der Waals surface area contributed by atoms with Crippen molar-refractivity contribution in [1.29, 1.82) is 0 Å². The number of nitrogens with one attached hydrogen (secondary N) is 2. The highest BCUT2D eigenvalue weighted by molar-refractivity contribution is 7.18. The van der Waals surface area contributed by atoms with Crippen molar-refractivity contribution < 1.29 is 4.79 Å². The van der Waals surface area contributed by atoms with Crippen LogP contribution in [0.4, 0.5) is 0 Å². The minimum atomic E-state index is -0.221. The Labute approximate surface area is 193 Å². The molecule has 3 heterocycles. The zero-order chi connectivity index (χ0) is 22.8. The molecule has 3 aromatic heterocycles. The van der Waals surface area contributed by atoms with Gasteiger partial charge in [-0.05, 0) is 25.1 Å². The fraction of sp³-hybridized carbons (Fsp3) is 0.120. The average Bonchev–Trinajstić information content (AvgIpc) is 3.45. The molecule has 0 aliphatic carbocycles. The summed E-state index contributed by atoms with van der Waals surface area (Å²) in [7, 11) is 0. The third-order valence-corrected chi connectivity index (χ3v) is 6.53. The van der Waals surface area contributed by atoms with Gasteiger partial charge in [-0.3, -0.25) is 9.59 Å². The smallest absolute Gasteiger partial charge is 0.267 e. The Morgan fingerprint density at radius 2 is 1.85 bits per heavy atom. The van der Waals surface area contributed by atoms with Crippen LogP contribution in [0.1, 0.15) is 16.2 Å². The van der Waals surface area contributed by atoms with E-state index >= 15 is 0 Å². The van der Waals surface area contributed by atoms with Crippen molar-refractivity contribution in [2.24, 2.45) is 0 Å². The van der Waals surface area contributed by atoms with E-state index in [9.17, 15) is 9.59 Å². The van der Waals surface area contributed by atoms with Gasteiger partial charge in [0.1, 0.15) is 16.4 Å². The van der Waals surface area contributed by atoms with E-state index in [0.29, 0.717) is 11.4 Å². The molecule has 0 aliphatic heterocycles. The van der Waals surface area contributed by atoms with Crippen LogP contribution in [0.25, 0.3) is 32.0 Å². The second-order valence-corrected chi connectivity index (χ2v) is 8.60. The summed E-state index contributed by atoms with van der Waals surface area (Å²) in [4.78, 5) is 33.6. The van der Waals surface area contributed by atoms with E-state index in [1.54, 1.807) is 17.4 Å². The molecule has 5 rings (SSSR count). The van der Waals surface area contributed by atoms with E-state index in [4.69, 9.17) is 0 Å². The minimum absolute atomic E-state index is 0.218. The first-order chi connectivity index (χ1) is 16.1. The van der Waals surface area contributed by atoms with Gasteiger partial charge in [-0.1, -0.05) is 48.5 Å². The number of carbonyl (C=O) groups is 1. The summed E-state index contributed by atoms with van der Waals surface area (Å²) in [5.41, 5.74) is 3.77. The SMILES string of the molecule is Cc1nc(-c2ccccc2)sc1-c1ccc(=O)n(CCNC(=O)c2cc3ccccc3[nH]2)n1. The molecule has 0 radical (unpaired) electrons. The van der Waals surface area contributed by atoms with Gasteiger partial charge in [-0.25, -0.2) is 9.67 Å². The predicted octanol–water partition coefficient (Wildman–Crippen LogP) is 4.25. The van der Waals surface area contributed by atoms with Crippen LogP contribution >= 0.6 is 11.3 Å². The van der Waals surface area contributed by atoms with Crippen LogP contribution in [0.15, 0.2) is 77.6 Å². The number of nitrogens with zero attached hydrogens (tertiary/aromatic N) is 3. The molecule has 0 bridgehead atoms. The Morgan fingerprint density at radius 1 is 1.06 bits per heavy atom. The normalized spacial score (nSPS) is 11.1. The lowest BCUT2D eigenvalue weighted by molar-refractivity contribution is 0.0947. The van der Waals surface area contributed by atoms with E-state index in [-0.39, 0.29) is 24.6 Å². The molecular weight excluding hydrogens is 434 g/mol. The molecule has 0 aliphatic rings. The fourth-order valence-electron chi connectivity index (χ4n) is 3.63. The van der Waals surface area contributed by atoms with Crippen molar-refractivity contribution in [3.63, 3.8) is 0 Å². The highest BCUT2D eigenvalue weighted by Gasteiger charge is 2.14. The Balaban J connectivity index is 1.31. The third kappa shape index (κ3) is 4.33. The van der Waals surface area contributed by atoms with Crippen molar-refractivity contribution in [2.75, 3.05) is 6.54 Å². The fourth-order valence-corrected chi connectivity index (χ4v) is 4.67. The number of aryl methyl sites for hydroxylation is 1. The van der Waals surface area contributed by atoms with Crippen LogP contribution in [-0.4, -0.2) is 32.2 Å². The molecule has 0 atom stereocenters. The summed E-state index contributed by atoms with van der Waals surface area (Å²) in [6.45, 7) is 2.49. The number of H-pyrrole nitrogens is 1. The second-order valence-electron chi connectivity index (χ2n) is 7.61. The lowest BCUT2D eigenvalue weighted by Crippen LogP contribution is -2.32. The van der Waals surface area contributed by atoms with Crippen molar-refractivity contribution >= 4 is 28.1 Å². The molecule has 8 heteroatoms. The lowest BCUT2D eigenvalue weighted by atomic mass is 10.2. The van der Waals surface area contributed by atoms with E-state index in [0.717, 1.165) is 32.0 Å². The van der Waals surface area contributed by atoms with Crippen LogP contribution in [0.3, 0.4) is 0 Å². The standard InChI is InChI=1S/C25H21N5O2S/c1-16-23(33-25(27-16)17-7-3-2-4-8-17)20-11-12-22(31)30(29-20)14-13-26-24(32)21-15-18-9-5-6-10-19(18)28-21/h2-12,15,28H,13-14H2,1H3,(H,26,32). The maximum Gasteiger partial charge on any atom is 0.267 e. The van der Waals surface area contributed by atoms with Crippen molar-refractivity contribution in [2.45, 2.75) is 13.5 Å². The van der Waals surface area contributed by atoms with Crippen molar-refractivity contribution in [3.8, 4) is 21.1 Å². The molecule has 0 fully saturated rings. The molecule has 5 aromatic rings. The van der Waals surface area contributed by atoms with Crippen LogP contribution in [0.5, 0.6) is 0 Å². The highest BCUT2D eigenvalue weighted by atomic mass is 32.1. The molecule has 2 aromatic carbocycles. The monoisotopic (exact) mass is 455 g/mol. The minimum Gasteiger partial charge on any atom is -0.351 e. The van der Waals surface area contributed by atoms with Gasteiger partial charge in [-0.2, -0.15) is 5.10 Å². The average molecular weight is 456 g/mol. The molecule has 0 unspecified atom stereocenters. The van der Waals surface area contributed by atoms with Gasteiger partial charge in [0.25, 0.3) is 11.5 Å². The second kappa shape index (κ2) is 8.84. The summed E-state index contributed by atoms with van der Waals surface area (Å²) in [6.07, 6.45) is 0. The Morgan fingerprint density at radius 3 is 2.67 bits per heavy atom. The van der Waals surface area contributed by atoms with Crippen molar-refractivity contribution in [3.05, 3.63) is 94.5 Å². The van der Waals surface area contributed by atoms with E-state index in [2.05, 4.69) is 20.4 Å². The zero-order valence-corrected chi connectivity index (χ0v) is 18.7. The Kier molecular flexibility index (Phi) is 5.58. The number of hydrogen-bond donors (Lipinski definition) is 2. The number of para-hydroxylation sites is 1. The number of hydrogen-bond acceptors (Lipinski definition) is 5. The van der Waals surface area contributed by atoms with Gasteiger partial charge in [0.2, 0.25) is 0 Å². The van der Waals surface area contributed by atoms with Gasteiger partial charge in [0.15, 0.2) is 0 Å². The number of amides is 1. The van der Waals surface area contributed by atoms with Gasteiger partial charge in [-0.15, -0.1) is 11.3 Å². The number of carbonyl (C=O) groups excluding carboxylic acids is 1. The highest BCUT2D eigenvalue weighted by Crippen LogP contribution is 2.33. The molecule has 33 heavy (non-hydrogen) atoms. The zero-order valence-electron chi connectivity index (χ0n) is 17.9. The van der Waals surface area contributed by atoms with E-state index in [1.807, 2.05) is 67.6 Å². The van der Waals surface area contributed by atoms with Gasteiger partial charge in [0.05, 0.1) is 17.1 Å². The lowest BCUT2D eigenvalue weighted by Gasteiger charge is -2.07. The topological polar surface area (TPSA) is 92.7 Å². The molecule has 1 amide bonds. The summed E-state index contributed by atoms with van der Waals surface area (Å²) in [5.74, 6) is -0.221. The first-order valence-corrected chi connectivity index (χ1v) is 11.4. The number of thiazole rings is 1. The molecule has 7 nitrogen and oxygen atoms in total. The van der Waals surface area contributed by atoms with Crippen LogP contribution < -0.4 is 10.9 Å².